The molecule has 1 aromatic heterocycles. The lowest BCUT2D eigenvalue weighted by atomic mass is 9.99. The molecule has 212 valence electrons. The number of nitrogens with zero attached hydrogens (tertiary/aromatic N) is 4. The van der Waals surface area contributed by atoms with E-state index in [1.807, 2.05) is 0 Å². The summed E-state index contributed by atoms with van der Waals surface area (Å²) in [4.78, 5) is 29.1. The Kier molecular flexibility index (Phi) is 8.34. The van der Waals surface area contributed by atoms with Crippen LogP contribution in [0.2, 0.25) is 0 Å². The molecule has 4 bridgehead atoms. The van der Waals surface area contributed by atoms with Gasteiger partial charge in [0.2, 0.25) is 0 Å². The molecule has 2 amide bonds. The van der Waals surface area contributed by atoms with Crippen LogP contribution in [0, 0.1) is 0 Å². The Hall–Kier alpha value is -4.32. The molecule has 0 radical (unpaired) electrons. The van der Waals surface area contributed by atoms with Crippen molar-refractivity contribution in [3.8, 4) is 23.0 Å². The van der Waals surface area contributed by atoms with Gasteiger partial charge in [0.15, 0.2) is 23.0 Å². The van der Waals surface area contributed by atoms with E-state index >= 15 is 0 Å². The number of nitrogens with one attached hydrogen (secondary N) is 1. The summed E-state index contributed by atoms with van der Waals surface area (Å²) in [6.07, 6.45) is 2.66. The first-order valence-corrected chi connectivity index (χ1v) is 13.1. The zero-order chi connectivity index (χ0) is 28.1. The molecule has 12 heteroatoms. The minimum absolute atomic E-state index is 0.103. The third kappa shape index (κ3) is 5.67. The predicted molar refractivity (Wildman–Crippen MR) is 143 cm³/mol. The quantitative estimate of drug-likeness (QED) is 0.522. The lowest BCUT2D eigenvalue weighted by molar-refractivity contribution is 0.0126. The highest BCUT2D eigenvalue weighted by atomic mass is 16.5. The van der Waals surface area contributed by atoms with E-state index in [9.17, 15) is 9.59 Å². The molecule has 3 aromatic rings. The molecular formula is C28H33N5O7. The van der Waals surface area contributed by atoms with Crippen molar-refractivity contribution in [2.45, 2.75) is 38.1 Å². The fourth-order valence-electron chi connectivity index (χ4n) is 5.01. The van der Waals surface area contributed by atoms with Gasteiger partial charge in [-0.3, -0.25) is 14.3 Å². The third-order valence-corrected chi connectivity index (χ3v) is 7.06. The molecule has 0 spiro atoms. The molecule has 2 aromatic carbocycles. The summed E-state index contributed by atoms with van der Waals surface area (Å²) in [5.74, 6) is 0.976. The van der Waals surface area contributed by atoms with E-state index in [1.54, 1.807) is 59.3 Å². The lowest BCUT2D eigenvalue weighted by Crippen LogP contribution is -2.57. The summed E-state index contributed by atoms with van der Waals surface area (Å²) in [7, 11) is 4.66. The van der Waals surface area contributed by atoms with E-state index in [1.165, 1.54) is 14.2 Å². The summed E-state index contributed by atoms with van der Waals surface area (Å²) in [5.41, 5.74) is 1.29. The van der Waals surface area contributed by atoms with Crippen LogP contribution in [0.4, 0.5) is 0 Å². The van der Waals surface area contributed by atoms with Crippen molar-refractivity contribution in [3.05, 3.63) is 59.4 Å². The molecule has 0 saturated carbocycles. The molecule has 12 nitrogen and oxygen atoms in total. The summed E-state index contributed by atoms with van der Waals surface area (Å²) < 4.78 is 30.5. The number of hydrogen-bond donors (Lipinski definition) is 1. The predicted octanol–water partition coefficient (Wildman–Crippen LogP) is 2.32. The van der Waals surface area contributed by atoms with Crippen LogP contribution >= 0.6 is 0 Å². The highest BCUT2D eigenvalue weighted by Crippen LogP contribution is 2.34. The lowest BCUT2D eigenvalue weighted by Gasteiger charge is -2.38. The number of hydrogen-bond acceptors (Lipinski definition) is 9. The molecule has 2 aliphatic rings. The number of aromatic nitrogens is 3. The van der Waals surface area contributed by atoms with E-state index in [4.69, 9.17) is 23.7 Å². The molecule has 1 fully saturated rings. The van der Waals surface area contributed by atoms with Crippen molar-refractivity contribution >= 4 is 11.8 Å². The molecule has 0 unspecified atom stereocenters. The number of amides is 2. The van der Waals surface area contributed by atoms with Crippen LogP contribution in [0.3, 0.4) is 0 Å². The molecular weight excluding hydrogens is 518 g/mol. The molecule has 0 aliphatic carbocycles. The Morgan fingerprint density at radius 3 is 2.40 bits per heavy atom. The second kappa shape index (κ2) is 12.2. The summed E-state index contributed by atoms with van der Waals surface area (Å²) in [6, 6.07) is 9.90. The van der Waals surface area contributed by atoms with Gasteiger partial charge in [-0.2, -0.15) is 0 Å². The van der Waals surface area contributed by atoms with E-state index < -0.39 is 6.04 Å². The highest BCUT2D eigenvalue weighted by Gasteiger charge is 2.35. The van der Waals surface area contributed by atoms with Gasteiger partial charge < -0.3 is 33.9 Å². The van der Waals surface area contributed by atoms with Crippen LogP contribution in [0.5, 0.6) is 23.0 Å². The van der Waals surface area contributed by atoms with Crippen LogP contribution in [-0.2, 0) is 17.9 Å². The van der Waals surface area contributed by atoms with Crippen LogP contribution in [0.25, 0.3) is 0 Å². The first kappa shape index (κ1) is 27.3. The van der Waals surface area contributed by atoms with E-state index in [0.717, 1.165) is 0 Å². The zero-order valence-electron chi connectivity index (χ0n) is 22.8. The first-order valence-electron chi connectivity index (χ1n) is 13.1. The van der Waals surface area contributed by atoms with Crippen molar-refractivity contribution in [1.82, 2.24) is 25.2 Å². The monoisotopic (exact) mass is 551 g/mol. The number of rotatable bonds is 3. The minimum atomic E-state index is -0.458. The SMILES string of the molecule is COc1cccc2c1OCCCn1cc(nn1)COc1c(OC)cccc1C(=O)N1CC[C@@H](OC)[C@H](C1)NC2=O. The van der Waals surface area contributed by atoms with Crippen molar-refractivity contribution in [2.75, 3.05) is 41.0 Å². The Morgan fingerprint density at radius 1 is 0.950 bits per heavy atom. The fraction of sp³-hybridized carbons (Fsp3) is 0.429. The Balaban J connectivity index is 1.51. The minimum Gasteiger partial charge on any atom is -0.493 e. The summed E-state index contributed by atoms with van der Waals surface area (Å²) >= 11 is 0. The van der Waals surface area contributed by atoms with Gasteiger partial charge in [-0.05, 0) is 30.7 Å². The van der Waals surface area contributed by atoms with Gasteiger partial charge in [-0.15, -0.1) is 5.10 Å². The molecule has 40 heavy (non-hydrogen) atoms. The number of piperidine rings is 1. The Morgan fingerprint density at radius 2 is 1.68 bits per heavy atom. The average molecular weight is 552 g/mol. The molecule has 5 rings (SSSR count). The number of carbonyl (C=O) groups is 2. The average Bonchev–Trinajstić information content (AvgIpc) is 3.44. The molecule has 3 heterocycles. The zero-order valence-corrected chi connectivity index (χ0v) is 22.8. The van der Waals surface area contributed by atoms with Crippen LogP contribution in [0.15, 0.2) is 42.6 Å². The van der Waals surface area contributed by atoms with Crippen LogP contribution in [0.1, 0.15) is 39.3 Å². The number of aryl methyl sites for hydroxylation is 1. The topological polar surface area (TPSA) is 126 Å². The molecule has 2 aliphatic heterocycles. The van der Waals surface area contributed by atoms with Gasteiger partial charge in [0.05, 0.1) is 50.3 Å². The largest absolute Gasteiger partial charge is 0.493 e. The molecule has 1 N–H and O–H groups in total. The van der Waals surface area contributed by atoms with E-state index in [-0.39, 0.29) is 31.1 Å². The van der Waals surface area contributed by atoms with Gasteiger partial charge >= 0.3 is 0 Å². The number of para-hydroxylation sites is 2. The standard InChI is InChI=1S/C28H33N5O7/c1-36-22-11-13-32-16-21(22)29-27(34)19-7-4-9-23(37-2)25(19)39-14-6-12-33-15-18(30-31-33)17-40-26-20(28(32)35)8-5-10-24(26)38-3/h4-5,7-10,15,21-22H,6,11-14,16-17H2,1-3H3,(H,29,34)/t21-,22+/m0/s1. The van der Waals surface area contributed by atoms with Gasteiger partial charge in [0.25, 0.3) is 11.8 Å². The smallest absolute Gasteiger partial charge is 0.257 e. The Labute approximate surface area is 232 Å². The van der Waals surface area contributed by atoms with Crippen LogP contribution in [-0.4, -0.2) is 84.9 Å². The summed E-state index contributed by atoms with van der Waals surface area (Å²) in [6.45, 7) is 1.65. The fourth-order valence-corrected chi connectivity index (χ4v) is 5.01. The maximum Gasteiger partial charge on any atom is 0.257 e. The van der Waals surface area contributed by atoms with Crippen molar-refractivity contribution in [1.29, 1.82) is 0 Å². The van der Waals surface area contributed by atoms with Gasteiger partial charge in [0.1, 0.15) is 12.3 Å². The number of methoxy groups -OCH3 is 3. The van der Waals surface area contributed by atoms with Crippen molar-refractivity contribution < 1.29 is 33.3 Å². The number of fused-ring (bicyclic) bond motifs is 6. The first-order chi connectivity index (χ1) is 19.5. The Bertz CT molecular complexity index is 1360. The second-order valence-electron chi connectivity index (χ2n) is 9.53. The third-order valence-electron chi connectivity index (χ3n) is 7.06. The number of benzene rings is 2. The second-order valence-corrected chi connectivity index (χ2v) is 9.53. The van der Waals surface area contributed by atoms with Gasteiger partial charge in [-0.25, -0.2) is 0 Å². The molecule has 2 atom stereocenters. The number of carbonyl (C=O) groups excluding carboxylic acids is 2. The van der Waals surface area contributed by atoms with Gasteiger partial charge in [0, 0.05) is 33.2 Å². The number of ether oxygens (including phenoxy) is 5. The van der Waals surface area contributed by atoms with Crippen molar-refractivity contribution in [2.24, 2.45) is 0 Å². The molecule has 1 saturated heterocycles. The van der Waals surface area contributed by atoms with Gasteiger partial charge in [-0.1, -0.05) is 17.3 Å². The maximum atomic E-state index is 13.8. The van der Waals surface area contributed by atoms with E-state index in [2.05, 4.69) is 15.6 Å². The van der Waals surface area contributed by atoms with Crippen LogP contribution < -0.4 is 24.3 Å². The summed E-state index contributed by atoms with van der Waals surface area (Å²) in [5, 5.41) is 11.4. The normalized spacial score (nSPS) is 19.9. The van der Waals surface area contributed by atoms with Crippen molar-refractivity contribution in [3.63, 3.8) is 0 Å². The highest BCUT2D eigenvalue weighted by molar-refractivity contribution is 5.99. The maximum absolute atomic E-state index is 13.8. The van der Waals surface area contributed by atoms with E-state index in [0.29, 0.717) is 72.4 Å².